The van der Waals surface area contributed by atoms with E-state index in [4.69, 9.17) is 0 Å². The third-order valence-electron chi connectivity index (χ3n) is 7.96. The van der Waals surface area contributed by atoms with Crippen molar-refractivity contribution in [1.82, 2.24) is 4.98 Å². The number of rotatable bonds is 5. The van der Waals surface area contributed by atoms with Crippen LogP contribution in [0.1, 0.15) is 0 Å². The van der Waals surface area contributed by atoms with E-state index in [1.807, 2.05) is 12.4 Å². The number of hydrogen-bond donors (Lipinski definition) is 0. The van der Waals surface area contributed by atoms with Gasteiger partial charge in [-0.3, -0.25) is 4.98 Å². The van der Waals surface area contributed by atoms with Crippen molar-refractivity contribution in [2.75, 3.05) is 4.90 Å². The first-order chi connectivity index (χ1) is 20.8. The van der Waals surface area contributed by atoms with Crippen LogP contribution in [0.2, 0.25) is 0 Å². The van der Waals surface area contributed by atoms with E-state index in [1.54, 1.807) is 11.3 Å². The van der Waals surface area contributed by atoms with E-state index in [0.717, 1.165) is 11.4 Å². The summed E-state index contributed by atoms with van der Waals surface area (Å²) in [7, 11) is 0. The Bertz CT molecular complexity index is 2180. The fourth-order valence-electron chi connectivity index (χ4n) is 5.85. The Morgan fingerprint density at radius 3 is 1.88 bits per heavy atom. The van der Waals surface area contributed by atoms with Crippen molar-refractivity contribution in [3.05, 3.63) is 158 Å². The molecule has 0 saturated heterocycles. The second-order valence-electron chi connectivity index (χ2n) is 10.5. The number of benzene rings is 6. The van der Waals surface area contributed by atoms with Gasteiger partial charge >= 0.3 is 0 Å². The maximum absolute atomic E-state index is 4.39. The molecule has 3 heteroatoms. The van der Waals surface area contributed by atoms with E-state index < -0.39 is 0 Å². The van der Waals surface area contributed by atoms with Crippen molar-refractivity contribution in [3.63, 3.8) is 0 Å². The molecular weight excluding hydrogens is 529 g/mol. The lowest BCUT2D eigenvalue weighted by Crippen LogP contribution is -2.10. The smallest absolute Gasteiger partial charge is 0.0640 e. The highest BCUT2D eigenvalue weighted by molar-refractivity contribution is 7.26. The number of fused-ring (bicyclic) bond motifs is 4. The zero-order chi connectivity index (χ0) is 27.9. The van der Waals surface area contributed by atoms with Crippen LogP contribution in [-0.2, 0) is 0 Å². The molecule has 8 rings (SSSR count). The molecule has 0 saturated carbocycles. The van der Waals surface area contributed by atoms with Crippen LogP contribution in [0.15, 0.2) is 158 Å². The summed E-state index contributed by atoms with van der Waals surface area (Å²) in [6.45, 7) is 0. The lowest BCUT2D eigenvalue weighted by atomic mass is 10.0. The molecule has 0 spiro atoms. The normalized spacial score (nSPS) is 11.3. The molecule has 0 fully saturated rings. The standard InChI is InChI=1S/C39H26N2S/c1-2-7-27(8-3-1)29-15-19-33(20-16-29)41(37-12-6-11-36-35-23-24-40-26-38(35)42-39(36)37)34-21-17-30(18-22-34)32-14-13-28-9-4-5-10-31(28)25-32/h1-26H. The van der Waals surface area contributed by atoms with E-state index in [2.05, 4.69) is 155 Å². The SMILES string of the molecule is c1ccc(-c2ccc(N(c3ccc(-c4ccc5ccccc5c4)cc3)c3cccc4c3sc3cnccc34)cc2)cc1. The molecule has 0 radical (unpaired) electrons. The number of aromatic nitrogens is 1. The first kappa shape index (κ1) is 24.5. The van der Waals surface area contributed by atoms with Gasteiger partial charge in [-0.25, -0.2) is 0 Å². The van der Waals surface area contributed by atoms with Crippen LogP contribution in [-0.4, -0.2) is 4.98 Å². The quantitative estimate of drug-likeness (QED) is 0.210. The maximum atomic E-state index is 4.39. The molecule has 2 aromatic heterocycles. The largest absolute Gasteiger partial charge is 0.309 e. The predicted molar refractivity (Wildman–Crippen MR) is 180 cm³/mol. The molecule has 0 unspecified atom stereocenters. The summed E-state index contributed by atoms with van der Waals surface area (Å²) < 4.78 is 2.46. The van der Waals surface area contributed by atoms with Crippen molar-refractivity contribution in [2.45, 2.75) is 0 Å². The van der Waals surface area contributed by atoms with Crippen molar-refractivity contribution < 1.29 is 0 Å². The summed E-state index contributed by atoms with van der Waals surface area (Å²) in [6.07, 6.45) is 3.86. The highest BCUT2D eigenvalue weighted by atomic mass is 32.1. The molecule has 0 bridgehead atoms. The number of thiophene rings is 1. The van der Waals surface area contributed by atoms with Crippen LogP contribution >= 0.6 is 11.3 Å². The number of anilines is 3. The predicted octanol–water partition coefficient (Wildman–Crippen LogP) is 11.4. The van der Waals surface area contributed by atoms with Crippen molar-refractivity contribution in [2.24, 2.45) is 0 Å². The maximum Gasteiger partial charge on any atom is 0.0640 e. The Balaban J connectivity index is 1.26. The van der Waals surface area contributed by atoms with Gasteiger partial charge in [0.25, 0.3) is 0 Å². The molecule has 0 atom stereocenters. The van der Waals surface area contributed by atoms with E-state index in [-0.39, 0.29) is 0 Å². The Morgan fingerprint density at radius 2 is 1.12 bits per heavy atom. The molecule has 42 heavy (non-hydrogen) atoms. The molecule has 6 aromatic carbocycles. The van der Waals surface area contributed by atoms with E-state index in [0.29, 0.717) is 0 Å². The molecule has 0 N–H and O–H groups in total. The number of hydrogen-bond acceptors (Lipinski definition) is 3. The van der Waals surface area contributed by atoms with Gasteiger partial charge in [-0.15, -0.1) is 11.3 Å². The zero-order valence-electron chi connectivity index (χ0n) is 22.8. The van der Waals surface area contributed by atoms with Crippen molar-refractivity contribution in [1.29, 1.82) is 0 Å². The van der Waals surface area contributed by atoms with Gasteiger partial charge in [0.15, 0.2) is 0 Å². The first-order valence-electron chi connectivity index (χ1n) is 14.1. The molecule has 198 valence electrons. The summed E-state index contributed by atoms with van der Waals surface area (Å²) in [5.41, 5.74) is 8.26. The van der Waals surface area contributed by atoms with Gasteiger partial charge in [0, 0.05) is 34.5 Å². The van der Waals surface area contributed by atoms with Crippen LogP contribution in [0.3, 0.4) is 0 Å². The van der Waals surface area contributed by atoms with Gasteiger partial charge in [-0.1, -0.05) is 103 Å². The van der Waals surface area contributed by atoms with Gasteiger partial charge in [0.2, 0.25) is 0 Å². The van der Waals surface area contributed by atoms with Crippen LogP contribution in [0.25, 0.3) is 53.2 Å². The molecule has 0 aliphatic rings. The Labute approximate surface area is 248 Å². The molecule has 8 aromatic rings. The third kappa shape index (κ3) is 4.32. The minimum absolute atomic E-state index is 1.12. The molecule has 0 aliphatic heterocycles. The summed E-state index contributed by atoms with van der Waals surface area (Å²) >= 11 is 1.80. The Hall–Kier alpha value is -5.25. The average molecular weight is 555 g/mol. The lowest BCUT2D eigenvalue weighted by molar-refractivity contribution is 1.30. The van der Waals surface area contributed by atoms with Crippen LogP contribution in [0.4, 0.5) is 17.1 Å². The van der Waals surface area contributed by atoms with Crippen LogP contribution in [0, 0.1) is 0 Å². The molecule has 0 amide bonds. The zero-order valence-corrected chi connectivity index (χ0v) is 23.6. The summed E-state index contributed by atoms with van der Waals surface area (Å²) in [5, 5.41) is 5.02. The molecule has 2 heterocycles. The van der Waals surface area contributed by atoms with Crippen molar-refractivity contribution in [3.8, 4) is 22.3 Å². The summed E-state index contributed by atoms with van der Waals surface area (Å²) in [4.78, 5) is 6.77. The lowest BCUT2D eigenvalue weighted by Gasteiger charge is -2.26. The fourth-order valence-corrected chi connectivity index (χ4v) is 7.02. The highest BCUT2D eigenvalue weighted by Crippen LogP contribution is 2.45. The second-order valence-corrected chi connectivity index (χ2v) is 11.5. The topological polar surface area (TPSA) is 16.1 Å². The minimum Gasteiger partial charge on any atom is -0.309 e. The fraction of sp³-hybridized carbons (Fsp3) is 0. The third-order valence-corrected chi connectivity index (χ3v) is 9.14. The minimum atomic E-state index is 1.12. The molecule has 0 aliphatic carbocycles. The Morgan fingerprint density at radius 1 is 0.476 bits per heavy atom. The average Bonchev–Trinajstić information content (AvgIpc) is 3.45. The van der Waals surface area contributed by atoms with Gasteiger partial charge in [-0.2, -0.15) is 0 Å². The summed E-state index contributed by atoms with van der Waals surface area (Å²) in [6, 6.07) is 52.3. The van der Waals surface area contributed by atoms with Crippen molar-refractivity contribution >= 4 is 59.3 Å². The van der Waals surface area contributed by atoms with E-state index in [9.17, 15) is 0 Å². The summed E-state index contributed by atoms with van der Waals surface area (Å²) in [5.74, 6) is 0. The monoisotopic (exact) mass is 554 g/mol. The Kier molecular flexibility index (Phi) is 6.02. The van der Waals surface area contributed by atoms with Gasteiger partial charge in [0.1, 0.15) is 0 Å². The van der Waals surface area contributed by atoms with Gasteiger partial charge < -0.3 is 4.90 Å². The van der Waals surface area contributed by atoms with E-state index in [1.165, 1.54) is 58.9 Å². The van der Waals surface area contributed by atoms with Gasteiger partial charge in [-0.05, 0) is 75.5 Å². The molecular formula is C39H26N2S. The second kappa shape index (κ2) is 10.3. The number of nitrogens with zero attached hydrogens (tertiary/aromatic N) is 2. The van der Waals surface area contributed by atoms with E-state index >= 15 is 0 Å². The number of pyridine rings is 1. The van der Waals surface area contributed by atoms with Crippen LogP contribution in [0.5, 0.6) is 0 Å². The van der Waals surface area contributed by atoms with Crippen LogP contribution < -0.4 is 4.90 Å². The first-order valence-corrected chi connectivity index (χ1v) is 14.9. The van der Waals surface area contributed by atoms with Gasteiger partial charge in [0.05, 0.1) is 15.1 Å². The molecule has 2 nitrogen and oxygen atoms in total. The highest BCUT2D eigenvalue weighted by Gasteiger charge is 2.18.